The average molecular weight is 918 g/mol. The van der Waals surface area contributed by atoms with Crippen LogP contribution in [0.3, 0.4) is 0 Å². The second-order valence-electron chi connectivity index (χ2n) is 19.0. The van der Waals surface area contributed by atoms with Gasteiger partial charge in [-0.3, -0.25) is 4.79 Å². The molecule has 7 atom stereocenters. The van der Waals surface area contributed by atoms with Crippen LogP contribution in [0.5, 0.6) is 0 Å². The van der Waals surface area contributed by atoms with Crippen LogP contribution in [0.25, 0.3) is 0 Å². The predicted molar refractivity (Wildman–Crippen MR) is 272 cm³/mol. The first-order valence-corrected chi connectivity index (χ1v) is 27.4. The van der Waals surface area contributed by atoms with E-state index in [2.05, 4.69) is 55.6 Å². The quantitative estimate of drug-likeness (QED) is 0.0261. The minimum Gasteiger partial charge on any atom is -0.394 e. The molecule has 9 nitrogen and oxygen atoms in total. The van der Waals surface area contributed by atoms with Crippen LogP contribution in [0.2, 0.25) is 0 Å². The van der Waals surface area contributed by atoms with Gasteiger partial charge in [0.05, 0.1) is 25.4 Å². The van der Waals surface area contributed by atoms with Gasteiger partial charge >= 0.3 is 0 Å². The zero-order chi connectivity index (χ0) is 47.3. The summed E-state index contributed by atoms with van der Waals surface area (Å²) in [5.41, 5.74) is 0. The van der Waals surface area contributed by atoms with Crippen molar-refractivity contribution in [3.63, 3.8) is 0 Å². The number of rotatable bonds is 46. The Hall–Kier alpha value is -1.85. The normalized spacial score (nSPS) is 20.3. The number of allylic oxidation sites excluding steroid dienone is 7. The minimum absolute atomic E-state index is 0.189. The van der Waals surface area contributed by atoms with Gasteiger partial charge in [0, 0.05) is 6.42 Å². The zero-order valence-electron chi connectivity index (χ0n) is 42.0. The Bertz CT molecular complexity index is 1160. The molecule has 6 N–H and O–H groups in total. The molecule has 65 heavy (non-hydrogen) atoms. The summed E-state index contributed by atoms with van der Waals surface area (Å²) in [6.07, 6.45) is 53.2. The Morgan fingerprint density at radius 3 is 1.38 bits per heavy atom. The molecule has 1 rings (SSSR count). The number of unbranched alkanes of at least 4 members (excludes halogenated alkanes) is 30. The van der Waals surface area contributed by atoms with Crippen molar-refractivity contribution in [2.24, 2.45) is 0 Å². The number of amides is 1. The summed E-state index contributed by atoms with van der Waals surface area (Å²) in [5, 5.41) is 54.3. The van der Waals surface area contributed by atoms with Crippen LogP contribution < -0.4 is 5.32 Å². The molecule has 0 spiro atoms. The monoisotopic (exact) mass is 918 g/mol. The molecule has 0 saturated carbocycles. The fourth-order valence-electron chi connectivity index (χ4n) is 8.50. The van der Waals surface area contributed by atoms with Gasteiger partial charge in [-0.1, -0.05) is 223 Å². The van der Waals surface area contributed by atoms with E-state index in [9.17, 15) is 30.3 Å². The molecular weight excluding hydrogens is 815 g/mol. The summed E-state index contributed by atoms with van der Waals surface area (Å²) in [4.78, 5) is 13.0. The van der Waals surface area contributed by atoms with Gasteiger partial charge in [-0.05, 0) is 64.2 Å². The maximum Gasteiger partial charge on any atom is 0.220 e. The maximum absolute atomic E-state index is 13.0. The number of ether oxygens (including phenoxy) is 2. The van der Waals surface area contributed by atoms with Crippen LogP contribution >= 0.6 is 0 Å². The van der Waals surface area contributed by atoms with Gasteiger partial charge in [0.25, 0.3) is 0 Å². The first kappa shape index (κ1) is 61.2. The molecule has 9 heteroatoms. The van der Waals surface area contributed by atoms with Crippen LogP contribution in [0.1, 0.15) is 245 Å². The Balaban J connectivity index is 2.23. The highest BCUT2D eigenvalue weighted by atomic mass is 16.7. The maximum atomic E-state index is 13.0. The summed E-state index contributed by atoms with van der Waals surface area (Å²) in [5.74, 6) is -0.189. The number of carbonyl (C=O) groups excluding carboxylic acids is 1. The first-order valence-electron chi connectivity index (χ1n) is 27.4. The third kappa shape index (κ3) is 35.9. The lowest BCUT2D eigenvalue weighted by Crippen LogP contribution is -2.60. The molecule has 0 aromatic rings. The number of nitrogens with one attached hydrogen (secondary N) is 1. The van der Waals surface area contributed by atoms with Crippen LogP contribution in [-0.4, -0.2) is 87.5 Å². The smallest absolute Gasteiger partial charge is 0.220 e. The fraction of sp³-hybridized carbons (Fsp3) is 0.839. The number of aliphatic hydroxyl groups excluding tert-OH is 5. The van der Waals surface area contributed by atoms with Crippen molar-refractivity contribution >= 4 is 5.91 Å². The lowest BCUT2D eigenvalue weighted by atomic mass is 9.99. The molecule has 0 bridgehead atoms. The molecule has 0 aromatic heterocycles. The highest BCUT2D eigenvalue weighted by Crippen LogP contribution is 2.23. The number of hydrogen-bond donors (Lipinski definition) is 6. The Morgan fingerprint density at radius 1 is 0.523 bits per heavy atom. The van der Waals surface area contributed by atoms with Crippen molar-refractivity contribution in [2.75, 3.05) is 13.2 Å². The van der Waals surface area contributed by atoms with E-state index in [0.29, 0.717) is 6.42 Å². The van der Waals surface area contributed by atoms with E-state index < -0.39 is 49.5 Å². The lowest BCUT2D eigenvalue weighted by molar-refractivity contribution is -0.302. The molecule has 0 radical (unpaired) electrons. The van der Waals surface area contributed by atoms with E-state index in [0.717, 1.165) is 44.9 Å². The van der Waals surface area contributed by atoms with Gasteiger partial charge in [0.1, 0.15) is 24.4 Å². The SMILES string of the molecule is CCCCCCCCCCC/C=C\C/C=C\CCCCCCCCCCCCCC(=O)NC(COC1OC(CO)C(O)C(O)C1O)C(O)/C=C/CC/C=C/CCCCCCCCCCC. The molecule has 7 unspecified atom stereocenters. The number of aliphatic hydroxyl groups is 5. The van der Waals surface area contributed by atoms with E-state index in [1.807, 2.05) is 6.08 Å². The van der Waals surface area contributed by atoms with E-state index in [-0.39, 0.29) is 12.5 Å². The van der Waals surface area contributed by atoms with E-state index in [1.165, 1.54) is 180 Å². The minimum atomic E-state index is -1.57. The summed E-state index contributed by atoms with van der Waals surface area (Å²) in [6, 6.07) is -0.823. The molecule has 1 amide bonds. The Kier molecular flexibility index (Phi) is 43.2. The van der Waals surface area contributed by atoms with Crippen molar-refractivity contribution < 1.29 is 39.8 Å². The third-order valence-electron chi connectivity index (χ3n) is 12.9. The van der Waals surface area contributed by atoms with Crippen molar-refractivity contribution in [2.45, 2.75) is 288 Å². The van der Waals surface area contributed by atoms with Crippen molar-refractivity contribution in [3.05, 3.63) is 48.6 Å². The molecule has 1 heterocycles. The molecule has 0 aliphatic carbocycles. The lowest BCUT2D eigenvalue weighted by Gasteiger charge is -2.40. The fourth-order valence-corrected chi connectivity index (χ4v) is 8.50. The Labute approximate surface area is 399 Å². The second-order valence-corrected chi connectivity index (χ2v) is 19.0. The van der Waals surface area contributed by atoms with E-state index >= 15 is 0 Å². The molecule has 1 aliphatic heterocycles. The van der Waals surface area contributed by atoms with Crippen LogP contribution in [0.4, 0.5) is 0 Å². The zero-order valence-corrected chi connectivity index (χ0v) is 42.0. The van der Waals surface area contributed by atoms with Gasteiger partial charge in [0.15, 0.2) is 6.29 Å². The summed E-state index contributed by atoms with van der Waals surface area (Å²) in [6.45, 7) is 3.76. The van der Waals surface area contributed by atoms with Gasteiger partial charge < -0.3 is 40.3 Å². The van der Waals surface area contributed by atoms with Gasteiger partial charge in [-0.15, -0.1) is 0 Å². The van der Waals surface area contributed by atoms with Crippen LogP contribution in [-0.2, 0) is 14.3 Å². The van der Waals surface area contributed by atoms with Gasteiger partial charge in [-0.25, -0.2) is 0 Å². The number of carbonyl (C=O) groups is 1. The number of hydrogen-bond acceptors (Lipinski definition) is 8. The van der Waals surface area contributed by atoms with Gasteiger partial charge in [0.2, 0.25) is 5.91 Å². The molecule has 380 valence electrons. The first-order chi connectivity index (χ1) is 31.8. The molecular formula is C56H103NO8. The van der Waals surface area contributed by atoms with Crippen molar-refractivity contribution in [3.8, 4) is 0 Å². The molecule has 1 saturated heterocycles. The van der Waals surface area contributed by atoms with Crippen molar-refractivity contribution in [1.29, 1.82) is 0 Å². The summed E-state index contributed by atoms with van der Waals surface area (Å²) in [7, 11) is 0. The Morgan fingerprint density at radius 2 is 0.923 bits per heavy atom. The summed E-state index contributed by atoms with van der Waals surface area (Å²) >= 11 is 0. The topological polar surface area (TPSA) is 149 Å². The van der Waals surface area contributed by atoms with E-state index in [1.54, 1.807) is 6.08 Å². The van der Waals surface area contributed by atoms with E-state index in [4.69, 9.17) is 9.47 Å². The van der Waals surface area contributed by atoms with Crippen LogP contribution in [0.15, 0.2) is 48.6 Å². The molecule has 1 fully saturated rings. The highest BCUT2D eigenvalue weighted by molar-refractivity contribution is 5.76. The molecule has 1 aliphatic rings. The summed E-state index contributed by atoms with van der Waals surface area (Å²) < 4.78 is 11.2. The second kappa shape index (κ2) is 45.9. The van der Waals surface area contributed by atoms with Crippen molar-refractivity contribution in [1.82, 2.24) is 5.32 Å². The standard InChI is InChI=1S/C56H103NO8/c1-3-5-7-9-11-13-15-17-19-20-21-22-23-24-25-26-27-28-29-30-32-34-36-38-40-42-44-46-52(60)57-49(48-64-56-55(63)54(62)53(61)51(47-58)65-56)50(59)45-43-41-39-37-35-33-31-18-16-14-12-10-8-6-4-2/h21-22,24-25,35,37,43,45,49-51,53-56,58-59,61-63H,3-20,23,26-34,36,38-42,44,46-48H2,1-2H3,(H,57,60)/b22-21-,25-24-,37-35+,45-43+. The highest BCUT2D eigenvalue weighted by Gasteiger charge is 2.44. The third-order valence-corrected chi connectivity index (χ3v) is 12.9. The van der Waals surface area contributed by atoms with Crippen LogP contribution in [0, 0.1) is 0 Å². The largest absolute Gasteiger partial charge is 0.394 e. The predicted octanol–water partition coefficient (Wildman–Crippen LogP) is 13.0. The van der Waals surface area contributed by atoms with Gasteiger partial charge in [-0.2, -0.15) is 0 Å². The average Bonchev–Trinajstić information content (AvgIpc) is 3.31. The molecule has 0 aromatic carbocycles.